The molecule has 0 N–H and O–H groups in total. The minimum absolute atomic E-state index is 0.171. The summed E-state index contributed by atoms with van der Waals surface area (Å²) in [6.45, 7) is 7.30. The number of benzene rings is 1. The Labute approximate surface area is 126 Å². The number of hydrogen-bond donors (Lipinski definition) is 0. The fourth-order valence-corrected chi connectivity index (χ4v) is 4.41. The zero-order chi connectivity index (χ0) is 15.5. The predicted octanol–water partition coefficient (Wildman–Crippen LogP) is 2.32. The Hall–Kier alpha value is -0.980. The van der Waals surface area contributed by atoms with Crippen LogP contribution in [0.15, 0.2) is 29.2 Å². The lowest BCUT2D eigenvalue weighted by Crippen LogP contribution is -2.46. The molecule has 0 spiro atoms. The third kappa shape index (κ3) is 3.62. The van der Waals surface area contributed by atoms with Crippen molar-refractivity contribution < 1.29 is 12.8 Å². The first-order valence-electron chi connectivity index (χ1n) is 7.48. The Balaban J connectivity index is 2.06. The molecule has 0 radical (unpaired) electrons. The summed E-state index contributed by atoms with van der Waals surface area (Å²) >= 11 is 0. The summed E-state index contributed by atoms with van der Waals surface area (Å²) in [5, 5.41) is 0. The van der Waals surface area contributed by atoms with Crippen molar-refractivity contribution in [2.75, 3.05) is 26.2 Å². The second-order valence-electron chi connectivity index (χ2n) is 5.31. The standard InChI is InChI=1S/C15H23FN2O2S/c1-3-17(4-2)14-9-11-18(12-10-14)21(19,20)15-7-5-13(16)6-8-15/h5-8,14H,3-4,9-12H2,1-2H3. The molecule has 6 heteroatoms. The lowest BCUT2D eigenvalue weighted by Gasteiger charge is -2.37. The van der Waals surface area contributed by atoms with Gasteiger partial charge >= 0.3 is 0 Å². The predicted molar refractivity (Wildman–Crippen MR) is 81.1 cm³/mol. The smallest absolute Gasteiger partial charge is 0.243 e. The maximum Gasteiger partial charge on any atom is 0.243 e. The van der Waals surface area contributed by atoms with Gasteiger partial charge in [-0.15, -0.1) is 0 Å². The van der Waals surface area contributed by atoms with Crippen LogP contribution < -0.4 is 0 Å². The lowest BCUT2D eigenvalue weighted by atomic mass is 10.1. The van der Waals surface area contributed by atoms with Crippen LogP contribution in [0.1, 0.15) is 26.7 Å². The van der Waals surface area contributed by atoms with E-state index in [2.05, 4.69) is 18.7 Å². The fourth-order valence-electron chi connectivity index (χ4n) is 2.94. The van der Waals surface area contributed by atoms with Gasteiger partial charge in [-0.05, 0) is 50.2 Å². The minimum atomic E-state index is -3.49. The molecule has 1 aromatic rings. The molecule has 0 unspecified atom stereocenters. The zero-order valence-electron chi connectivity index (χ0n) is 12.6. The van der Waals surface area contributed by atoms with Gasteiger partial charge in [0.05, 0.1) is 4.90 Å². The average Bonchev–Trinajstić information content (AvgIpc) is 2.49. The zero-order valence-corrected chi connectivity index (χ0v) is 13.4. The molecular formula is C15H23FN2O2S. The largest absolute Gasteiger partial charge is 0.301 e. The van der Waals surface area contributed by atoms with Gasteiger partial charge in [0.25, 0.3) is 0 Å². The molecule has 0 atom stereocenters. The Morgan fingerprint density at radius 1 is 1.14 bits per heavy atom. The number of halogens is 1. The van der Waals surface area contributed by atoms with Crippen LogP contribution in [0.4, 0.5) is 4.39 Å². The van der Waals surface area contributed by atoms with Gasteiger partial charge < -0.3 is 4.90 Å². The van der Waals surface area contributed by atoms with Gasteiger partial charge in [0, 0.05) is 19.1 Å². The lowest BCUT2D eigenvalue weighted by molar-refractivity contribution is 0.152. The van der Waals surface area contributed by atoms with E-state index in [0.717, 1.165) is 25.9 Å². The maximum atomic E-state index is 12.9. The molecule has 1 aliphatic heterocycles. The molecule has 0 aliphatic carbocycles. The molecule has 1 saturated heterocycles. The normalized spacial score (nSPS) is 18.3. The van der Waals surface area contributed by atoms with E-state index in [9.17, 15) is 12.8 Å². The van der Waals surface area contributed by atoms with Crippen LogP contribution in [0.3, 0.4) is 0 Å². The van der Waals surface area contributed by atoms with Crippen molar-refractivity contribution in [1.82, 2.24) is 9.21 Å². The van der Waals surface area contributed by atoms with E-state index in [1.165, 1.54) is 28.6 Å². The van der Waals surface area contributed by atoms with Gasteiger partial charge in [-0.3, -0.25) is 0 Å². The highest BCUT2D eigenvalue weighted by atomic mass is 32.2. The van der Waals surface area contributed by atoms with Crippen molar-refractivity contribution in [3.63, 3.8) is 0 Å². The minimum Gasteiger partial charge on any atom is -0.301 e. The van der Waals surface area contributed by atoms with Gasteiger partial charge in [-0.25, -0.2) is 12.8 Å². The molecule has 0 saturated carbocycles. The monoisotopic (exact) mass is 314 g/mol. The van der Waals surface area contributed by atoms with Crippen molar-refractivity contribution >= 4 is 10.0 Å². The Kier molecular flexibility index (Phi) is 5.35. The van der Waals surface area contributed by atoms with Crippen molar-refractivity contribution in [1.29, 1.82) is 0 Å². The van der Waals surface area contributed by atoms with E-state index in [-0.39, 0.29) is 4.90 Å². The third-order valence-electron chi connectivity index (χ3n) is 4.20. The number of nitrogens with zero attached hydrogens (tertiary/aromatic N) is 2. The molecule has 0 amide bonds. The first kappa shape index (κ1) is 16.4. The molecule has 0 aromatic heterocycles. The van der Waals surface area contributed by atoms with Gasteiger partial charge in [-0.2, -0.15) is 4.31 Å². The first-order chi connectivity index (χ1) is 9.98. The summed E-state index contributed by atoms with van der Waals surface area (Å²) in [5.41, 5.74) is 0. The van der Waals surface area contributed by atoms with Crippen molar-refractivity contribution in [2.24, 2.45) is 0 Å². The van der Waals surface area contributed by atoms with E-state index in [0.29, 0.717) is 19.1 Å². The topological polar surface area (TPSA) is 40.6 Å². The van der Waals surface area contributed by atoms with E-state index in [4.69, 9.17) is 0 Å². The van der Waals surface area contributed by atoms with Crippen molar-refractivity contribution in [3.8, 4) is 0 Å². The first-order valence-corrected chi connectivity index (χ1v) is 8.92. The molecule has 118 valence electrons. The number of sulfonamides is 1. The van der Waals surface area contributed by atoms with Crippen LogP contribution >= 0.6 is 0 Å². The summed E-state index contributed by atoms with van der Waals surface area (Å²) in [4.78, 5) is 2.55. The Bertz CT molecular complexity index is 548. The second-order valence-corrected chi connectivity index (χ2v) is 7.25. The Morgan fingerprint density at radius 2 is 1.67 bits per heavy atom. The van der Waals surface area contributed by atoms with Crippen LogP contribution in [-0.2, 0) is 10.0 Å². The van der Waals surface area contributed by atoms with Crippen LogP contribution in [0.5, 0.6) is 0 Å². The van der Waals surface area contributed by atoms with Gasteiger partial charge in [0.2, 0.25) is 10.0 Å². The molecule has 1 aliphatic rings. The summed E-state index contributed by atoms with van der Waals surface area (Å²) < 4.78 is 39.4. The van der Waals surface area contributed by atoms with E-state index < -0.39 is 15.8 Å². The van der Waals surface area contributed by atoms with E-state index in [1.807, 2.05) is 0 Å². The quantitative estimate of drug-likeness (QED) is 0.837. The number of piperidine rings is 1. The van der Waals surface area contributed by atoms with Gasteiger partial charge in [0.1, 0.15) is 5.82 Å². The number of rotatable bonds is 5. The SMILES string of the molecule is CCN(CC)C1CCN(S(=O)(=O)c2ccc(F)cc2)CC1. The molecule has 1 fully saturated rings. The van der Waals surface area contributed by atoms with Gasteiger partial charge in [0.15, 0.2) is 0 Å². The average molecular weight is 314 g/mol. The van der Waals surface area contributed by atoms with E-state index >= 15 is 0 Å². The summed E-state index contributed by atoms with van der Waals surface area (Å²) in [6.07, 6.45) is 1.70. The second kappa shape index (κ2) is 6.85. The molecule has 4 nitrogen and oxygen atoms in total. The van der Waals surface area contributed by atoms with Crippen molar-refractivity contribution in [2.45, 2.75) is 37.6 Å². The fraction of sp³-hybridized carbons (Fsp3) is 0.600. The van der Waals surface area contributed by atoms with Crippen LogP contribution in [0, 0.1) is 5.82 Å². The highest BCUT2D eigenvalue weighted by molar-refractivity contribution is 7.89. The maximum absolute atomic E-state index is 12.9. The molecule has 21 heavy (non-hydrogen) atoms. The molecule has 1 heterocycles. The number of hydrogen-bond acceptors (Lipinski definition) is 3. The third-order valence-corrected chi connectivity index (χ3v) is 6.12. The van der Waals surface area contributed by atoms with E-state index in [1.54, 1.807) is 0 Å². The van der Waals surface area contributed by atoms with Crippen molar-refractivity contribution in [3.05, 3.63) is 30.1 Å². The molecule has 0 bridgehead atoms. The summed E-state index contributed by atoms with van der Waals surface area (Å²) in [5.74, 6) is -0.422. The molecule has 1 aromatic carbocycles. The highest BCUT2D eigenvalue weighted by Crippen LogP contribution is 2.23. The van der Waals surface area contributed by atoms with Crippen LogP contribution in [0.25, 0.3) is 0 Å². The summed E-state index contributed by atoms with van der Waals surface area (Å²) in [7, 11) is -3.49. The highest BCUT2D eigenvalue weighted by Gasteiger charge is 2.30. The Morgan fingerprint density at radius 3 is 2.14 bits per heavy atom. The molecular weight excluding hydrogens is 291 g/mol. The van der Waals surface area contributed by atoms with Crippen LogP contribution in [-0.4, -0.2) is 49.8 Å². The van der Waals surface area contributed by atoms with Crippen LogP contribution in [0.2, 0.25) is 0 Å². The molecule has 2 rings (SSSR count). The summed E-state index contributed by atoms with van der Waals surface area (Å²) in [6, 6.07) is 5.51. The van der Waals surface area contributed by atoms with Gasteiger partial charge in [-0.1, -0.05) is 13.8 Å².